The van der Waals surface area contributed by atoms with Gasteiger partial charge in [-0.2, -0.15) is 18.3 Å². The molecule has 1 aromatic heterocycles. The number of amides is 1. The van der Waals surface area contributed by atoms with Crippen LogP contribution in [0.25, 0.3) is 0 Å². The first-order valence-corrected chi connectivity index (χ1v) is 5.68. The van der Waals surface area contributed by atoms with Crippen molar-refractivity contribution >= 4 is 11.9 Å². The summed E-state index contributed by atoms with van der Waals surface area (Å²) in [6, 6.07) is -0.308. The summed E-state index contributed by atoms with van der Waals surface area (Å²) < 4.78 is 37.8. The van der Waals surface area contributed by atoms with Gasteiger partial charge in [-0.05, 0) is 19.9 Å². The largest absolute Gasteiger partial charge is 0.480 e. The highest BCUT2D eigenvalue weighted by molar-refractivity contribution is 5.83. The SMILES string of the molecule is Cc1cc(C)n(CC(=O)NC(CC(F)(F)F)C(=O)O)n1. The molecule has 0 radical (unpaired) electrons. The summed E-state index contributed by atoms with van der Waals surface area (Å²) in [6.07, 6.45) is -6.29. The van der Waals surface area contributed by atoms with E-state index in [0.717, 1.165) is 0 Å². The lowest BCUT2D eigenvalue weighted by Crippen LogP contribution is -2.44. The standard InChI is InChI=1S/C11H14F3N3O3/c1-6-3-7(2)17(16-6)5-9(18)15-8(10(19)20)4-11(12,13)14/h3,8H,4-5H2,1-2H3,(H,15,18)(H,19,20). The fourth-order valence-electron chi connectivity index (χ4n) is 1.64. The molecule has 0 saturated carbocycles. The third-order valence-corrected chi connectivity index (χ3v) is 2.47. The van der Waals surface area contributed by atoms with E-state index in [4.69, 9.17) is 5.11 Å². The minimum atomic E-state index is -4.67. The lowest BCUT2D eigenvalue weighted by Gasteiger charge is -2.16. The number of hydrogen-bond acceptors (Lipinski definition) is 3. The van der Waals surface area contributed by atoms with E-state index in [1.165, 1.54) is 4.68 Å². The van der Waals surface area contributed by atoms with Crippen molar-refractivity contribution in [2.75, 3.05) is 0 Å². The van der Waals surface area contributed by atoms with Crippen molar-refractivity contribution in [1.29, 1.82) is 0 Å². The fraction of sp³-hybridized carbons (Fsp3) is 0.545. The summed E-state index contributed by atoms with van der Waals surface area (Å²) >= 11 is 0. The maximum atomic E-state index is 12.2. The van der Waals surface area contributed by atoms with Crippen LogP contribution in [0.1, 0.15) is 17.8 Å². The van der Waals surface area contributed by atoms with E-state index in [1.54, 1.807) is 19.9 Å². The highest BCUT2D eigenvalue weighted by atomic mass is 19.4. The molecule has 1 amide bonds. The Morgan fingerprint density at radius 3 is 2.45 bits per heavy atom. The number of carbonyl (C=O) groups is 2. The van der Waals surface area contributed by atoms with Gasteiger partial charge in [0.25, 0.3) is 0 Å². The smallest absolute Gasteiger partial charge is 0.391 e. The maximum Gasteiger partial charge on any atom is 0.391 e. The minimum Gasteiger partial charge on any atom is -0.480 e. The molecule has 1 unspecified atom stereocenters. The topological polar surface area (TPSA) is 84.2 Å². The monoisotopic (exact) mass is 293 g/mol. The van der Waals surface area contributed by atoms with Crippen molar-refractivity contribution in [2.45, 2.75) is 39.0 Å². The quantitative estimate of drug-likeness (QED) is 0.849. The molecule has 0 spiro atoms. The van der Waals surface area contributed by atoms with Gasteiger partial charge in [-0.3, -0.25) is 9.48 Å². The molecular weight excluding hydrogens is 279 g/mol. The number of carboxylic acids is 1. The molecule has 6 nitrogen and oxygen atoms in total. The van der Waals surface area contributed by atoms with Gasteiger partial charge in [0.05, 0.1) is 12.1 Å². The van der Waals surface area contributed by atoms with Crippen LogP contribution < -0.4 is 5.32 Å². The second kappa shape index (κ2) is 5.93. The molecule has 1 atom stereocenters. The van der Waals surface area contributed by atoms with Gasteiger partial charge in [0.1, 0.15) is 12.6 Å². The zero-order chi connectivity index (χ0) is 15.5. The first-order valence-electron chi connectivity index (χ1n) is 5.68. The number of halogens is 3. The molecule has 0 bridgehead atoms. The number of aliphatic carboxylic acids is 1. The zero-order valence-corrected chi connectivity index (χ0v) is 10.9. The number of carboxylic acid groups (broad SMARTS) is 1. The Labute approximate surface area is 112 Å². The second-order valence-corrected chi connectivity index (χ2v) is 4.36. The van der Waals surface area contributed by atoms with E-state index in [-0.39, 0.29) is 6.54 Å². The van der Waals surface area contributed by atoms with E-state index >= 15 is 0 Å². The van der Waals surface area contributed by atoms with E-state index in [0.29, 0.717) is 11.4 Å². The number of hydrogen-bond donors (Lipinski definition) is 2. The van der Waals surface area contributed by atoms with E-state index in [2.05, 4.69) is 5.10 Å². The third kappa shape index (κ3) is 4.90. The Morgan fingerprint density at radius 1 is 1.45 bits per heavy atom. The molecule has 1 heterocycles. The predicted molar refractivity (Wildman–Crippen MR) is 61.9 cm³/mol. The number of rotatable bonds is 5. The summed E-state index contributed by atoms with van der Waals surface area (Å²) in [5.41, 5.74) is 1.31. The summed E-state index contributed by atoms with van der Waals surface area (Å²) in [4.78, 5) is 22.3. The van der Waals surface area contributed by atoms with E-state index in [1.807, 2.05) is 5.32 Å². The van der Waals surface area contributed by atoms with Crippen molar-refractivity contribution in [3.05, 3.63) is 17.5 Å². The number of nitrogens with one attached hydrogen (secondary N) is 1. The molecular formula is C11H14F3N3O3. The van der Waals surface area contributed by atoms with Crippen LogP contribution in [0.15, 0.2) is 6.07 Å². The number of aryl methyl sites for hydroxylation is 2. The lowest BCUT2D eigenvalue weighted by atomic mass is 10.2. The first-order chi connectivity index (χ1) is 9.08. The summed E-state index contributed by atoms with van der Waals surface area (Å²) in [7, 11) is 0. The minimum absolute atomic E-state index is 0.332. The second-order valence-electron chi connectivity index (χ2n) is 4.36. The molecule has 0 aliphatic rings. The van der Waals surface area contributed by atoms with Crippen molar-refractivity contribution < 1.29 is 27.9 Å². The third-order valence-electron chi connectivity index (χ3n) is 2.47. The Hall–Kier alpha value is -2.06. The van der Waals surface area contributed by atoms with Gasteiger partial charge in [-0.1, -0.05) is 0 Å². The van der Waals surface area contributed by atoms with Crippen molar-refractivity contribution in [1.82, 2.24) is 15.1 Å². The van der Waals surface area contributed by atoms with Gasteiger partial charge in [0, 0.05) is 5.69 Å². The van der Waals surface area contributed by atoms with Crippen LogP contribution in [0.5, 0.6) is 0 Å². The highest BCUT2D eigenvalue weighted by Crippen LogP contribution is 2.21. The lowest BCUT2D eigenvalue weighted by molar-refractivity contribution is -0.160. The van der Waals surface area contributed by atoms with Crippen molar-refractivity contribution in [3.8, 4) is 0 Å². The van der Waals surface area contributed by atoms with Crippen molar-refractivity contribution in [2.24, 2.45) is 0 Å². The molecule has 0 aliphatic carbocycles. The van der Waals surface area contributed by atoms with Crippen LogP contribution in [-0.4, -0.2) is 39.0 Å². The molecule has 9 heteroatoms. The first kappa shape index (κ1) is 16.0. The average Bonchev–Trinajstić information content (AvgIpc) is 2.54. The van der Waals surface area contributed by atoms with E-state index in [9.17, 15) is 22.8 Å². The van der Waals surface area contributed by atoms with Crippen LogP contribution in [-0.2, 0) is 16.1 Å². The molecule has 112 valence electrons. The van der Waals surface area contributed by atoms with Crippen LogP contribution in [0.3, 0.4) is 0 Å². The van der Waals surface area contributed by atoms with Gasteiger partial charge in [0.15, 0.2) is 0 Å². The molecule has 1 rings (SSSR count). The number of carbonyl (C=O) groups excluding carboxylic acids is 1. The van der Waals surface area contributed by atoms with E-state index < -0.39 is 30.5 Å². The summed E-state index contributed by atoms with van der Waals surface area (Å²) in [6.45, 7) is 3.05. The molecule has 2 N–H and O–H groups in total. The number of aromatic nitrogens is 2. The van der Waals surface area contributed by atoms with Gasteiger partial charge < -0.3 is 10.4 Å². The van der Waals surface area contributed by atoms with Gasteiger partial charge in [-0.15, -0.1) is 0 Å². The maximum absolute atomic E-state index is 12.2. The van der Waals surface area contributed by atoms with Crippen molar-refractivity contribution in [3.63, 3.8) is 0 Å². The normalized spacial score (nSPS) is 13.1. The molecule has 0 aliphatic heterocycles. The Kier molecular flexibility index (Phi) is 4.74. The van der Waals surface area contributed by atoms with Crippen LogP contribution in [0.4, 0.5) is 13.2 Å². The predicted octanol–water partition coefficient (Wildman–Crippen LogP) is 1.02. The zero-order valence-electron chi connectivity index (χ0n) is 10.9. The number of alkyl halides is 3. The highest BCUT2D eigenvalue weighted by Gasteiger charge is 2.36. The molecule has 1 aromatic rings. The number of nitrogens with zero attached hydrogens (tertiary/aromatic N) is 2. The summed E-state index contributed by atoms with van der Waals surface area (Å²) in [5.74, 6) is -2.57. The molecule has 0 aromatic carbocycles. The Morgan fingerprint density at radius 2 is 2.05 bits per heavy atom. The van der Waals surface area contributed by atoms with Gasteiger partial charge in [0.2, 0.25) is 5.91 Å². The van der Waals surface area contributed by atoms with Gasteiger partial charge in [-0.25, -0.2) is 4.79 Å². The van der Waals surface area contributed by atoms with Crippen LogP contribution >= 0.6 is 0 Å². The summed E-state index contributed by atoms with van der Waals surface area (Å²) in [5, 5.41) is 14.5. The Bertz CT molecular complexity index is 511. The average molecular weight is 293 g/mol. The van der Waals surface area contributed by atoms with Crippen LogP contribution in [0.2, 0.25) is 0 Å². The van der Waals surface area contributed by atoms with Gasteiger partial charge >= 0.3 is 12.1 Å². The molecule has 0 saturated heterocycles. The Balaban J connectivity index is 2.67. The molecule has 20 heavy (non-hydrogen) atoms. The fourth-order valence-corrected chi connectivity index (χ4v) is 1.64. The van der Waals surface area contributed by atoms with Crippen LogP contribution in [0, 0.1) is 13.8 Å². The molecule has 0 fully saturated rings.